The van der Waals surface area contributed by atoms with Crippen molar-refractivity contribution >= 4 is 52.8 Å². The summed E-state index contributed by atoms with van der Waals surface area (Å²) < 4.78 is 2.13. The van der Waals surface area contributed by atoms with E-state index in [0.717, 1.165) is 34.7 Å². The number of rotatable bonds is 8. The average molecular weight is 484 g/mol. The van der Waals surface area contributed by atoms with Gasteiger partial charge in [0.05, 0.1) is 0 Å². The quantitative estimate of drug-likeness (QED) is 0.282. The first-order valence-electron chi connectivity index (χ1n) is 10.4. The molecule has 0 spiro atoms. The molecule has 0 aliphatic heterocycles. The number of aromatic nitrogens is 3. The molecule has 2 amide bonds. The van der Waals surface area contributed by atoms with Gasteiger partial charge in [0, 0.05) is 29.9 Å². The van der Waals surface area contributed by atoms with Gasteiger partial charge in [0.15, 0.2) is 11.5 Å². The molecular formula is C23H29N7O3S. The molecule has 34 heavy (non-hydrogen) atoms. The summed E-state index contributed by atoms with van der Waals surface area (Å²) in [5.41, 5.74) is 10.4. The number of carbonyl (C=O) groups is 3. The maximum absolute atomic E-state index is 10.9. The van der Waals surface area contributed by atoms with Gasteiger partial charge in [-0.15, -0.1) is 11.3 Å². The third kappa shape index (κ3) is 6.15. The first-order valence-corrected chi connectivity index (χ1v) is 11.2. The Balaban J connectivity index is 0.000000970. The molecule has 4 rings (SSSR count). The fourth-order valence-corrected chi connectivity index (χ4v) is 4.57. The molecule has 1 aromatic carbocycles. The molecular weight excluding hydrogens is 454 g/mol. The van der Waals surface area contributed by atoms with Gasteiger partial charge in [0.25, 0.3) is 0 Å². The molecule has 0 atom stereocenters. The molecule has 0 fully saturated rings. The second-order valence-corrected chi connectivity index (χ2v) is 8.12. The highest BCUT2D eigenvalue weighted by molar-refractivity contribution is 7.21. The van der Waals surface area contributed by atoms with Gasteiger partial charge >= 0.3 is 6.03 Å². The number of thiophene rings is 1. The summed E-state index contributed by atoms with van der Waals surface area (Å²) in [6.07, 6.45) is 2.84. The van der Waals surface area contributed by atoms with Crippen LogP contribution in [-0.4, -0.2) is 60.7 Å². The summed E-state index contributed by atoms with van der Waals surface area (Å²) >= 11 is 1.72. The van der Waals surface area contributed by atoms with E-state index in [-0.39, 0.29) is 0 Å². The highest BCUT2D eigenvalue weighted by Gasteiger charge is 2.15. The third-order valence-electron chi connectivity index (χ3n) is 4.87. The van der Waals surface area contributed by atoms with Gasteiger partial charge in [-0.05, 0) is 44.1 Å². The summed E-state index contributed by atoms with van der Waals surface area (Å²) in [7, 11) is 1.97. The van der Waals surface area contributed by atoms with Crippen molar-refractivity contribution in [2.75, 3.05) is 32.0 Å². The first-order chi connectivity index (χ1) is 16.6. The van der Waals surface area contributed by atoms with E-state index in [2.05, 4.69) is 55.7 Å². The Labute approximate surface area is 201 Å². The molecule has 0 bridgehead atoms. The van der Waals surface area contributed by atoms with Crippen molar-refractivity contribution in [2.24, 2.45) is 5.73 Å². The molecule has 3 aromatic heterocycles. The van der Waals surface area contributed by atoms with Crippen LogP contribution in [0.4, 0.5) is 10.6 Å². The number of aryl methyl sites for hydroxylation is 1. The zero-order valence-corrected chi connectivity index (χ0v) is 20.1. The van der Waals surface area contributed by atoms with Crippen molar-refractivity contribution in [3.63, 3.8) is 0 Å². The molecule has 0 aliphatic carbocycles. The van der Waals surface area contributed by atoms with Crippen LogP contribution in [0.2, 0.25) is 0 Å². The zero-order chi connectivity index (χ0) is 25.1. The molecule has 3 heterocycles. The van der Waals surface area contributed by atoms with Crippen LogP contribution in [0.1, 0.15) is 11.3 Å². The number of hydrogen-bond acceptors (Lipinski definition) is 8. The fourth-order valence-electron chi connectivity index (χ4n) is 3.42. The smallest absolute Gasteiger partial charge is 0.312 e. The molecule has 11 heteroatoms. The predicted octanol–water partition coefficient (Wildman–Crippen LogP) is 2.39. The molecule has 0 radical (unpaired) electrons. The Hall–Kier alpha value is -3.83. The summed E-state index contributed by atoms with van der Waals surface area (Å²) in [5.74, 6) is 0.689. The van der Waals surface area contributed by atoms with Gasteiger partial charge in [0.2, 0.25) is 0 Å². The lowest BCUT2D eigenvalue weighted by Crippen LogP contribution is -2.33. The molecule has 0 unspecified atom stereocenters. The van der Waals surface area contributed by atoms with Crippen molar-refractivity contribution in [1.29, 1.82) is 0 Å². The predicted molar refractivity (Wildman–Crippen MR) is 136 cm³/mol. The third-order valence-corrected chi connectivity index (χ3v) is 6.03. The van der Waals surface area contributed by atoms with Gasteiger partial charge in [-0.1, -0.05) is 24.3 Å². The highest BCUT2D eigenvalue weighted by atomic mass is 32.1. The van der Waals surface area contributed by atoms with Crippen molar-refractivity contribution in [1.82, 2.24) is 25.0 Å². The van der Waals surface area contributed by atoms with E-state index >= 15 is 0 Å². The number of likely N-dealkylation sites (N-methyl/N-ethyl adjacent to an activating group) is 1. The maximum Gasteiger partial charge on any atom is 0.312 e. The van der Waals surface area contributed by atoms with E-state index in [0.29, 0.717) is 18.9 Å². The minimum atomic E-state index is -0.540. The van der Waals surface area contributed by atoms with Gasteiger partial charge in [-0.2, -0.15) is 0 Å². The maximum atomic E-state index is 10.9. The summed E-state index contributed by atoms with van der Waals surface area (Å²) in [6, 6.07) is 10.2. The number of amides is 2. The second kappa shape index (κ2) is 13.0. The normalized spacial score (nSPS) is 10.2. The molecule has 180 valence electrons. The van der Waals surface area contributed by atoms with Crippen LogP contribution in [0.15, 0.2) is 36.5 Å². The fraction of sp³-hybridized carbons (Fsp3) is 0.261. The average Bonchev–Trinajstić information content (AvgIpc) is 3.46. The first kappa shape index (κ1) is 26.4. The molecule has 0 saturated heterocycles. The minimum absolute atomic E-state index is 0.412. The van der Waals surface area contributed by atoms with Crippen LogP contribution in [0, 0.1) is 6.92 Å². The van der Waals surface area contributed by atoms with E-state index in [1.807, 2.05) is 33.7 Å². The van der Waals surface area contributed by atoms with Crippen LogP contribution in [0.25, 0.3) is 26.4 Å². The lowest BCUT2D eigenvalue weighted by Gasteiger charge is -2.08. The number of nitrogens with zero attached hydrogens (tertiary/aromatic N) is 3. The molecule has 4 aromatic rings. The van der Waals surface area contributed by atoms with E-state index in [1.165, 1.54) is 16.0 Å². The molecule has 5 N–H and O–H groups in total. The Kier molecular flexibility index (Phi) is 10.1. The number of primary amides is 1. The monoisotopic (exact) mass is 483 g/mol. The summed E-state index contributed by atoms with van der Waals surface area (Å²) in [4.78, 5) is 38.5. The van der Waals surface area contributed by atoms with Crippen LogP contribution in [0.5, 0.6) is 0 Å². The molecule has 10 nitrogen and oxygen atoms in total. The van der Waals surface area contributed by atoms with E-state index < -0.39 is 6.03 Å². The molecule has 0 aliphatic rings. The van der Waals surface area contributed by atoms with Gasteiger partial charge < -0.3 is 31.3 Å². The largest absolute Gasteiger partial charge is 0.365 e. The van der Waals surface area contributed by atoms with E-state index in [1.54, 1.807) is 11.3 Å². The van der Waals surface area contributed by atoms with Crippen molar-refractivity contribution < 1.29 is 14.4 Å². The standard InChI is InChI=1S/C21H25N7OS.2CH2O/c1-13-12-26-19-18(24-8-9-25-21(22)29)27-16-11-17(30-20(16)28(13)19)15-5-3-4-14(10-15)6-7-23-2;2*1-2/h3-5,10-12,23H,6-9H2,1-2H3,(H,24,27)(H3,22,25,29);2*1H2. The number of hydrogen-bond donors (Lipinski definition) is 4. The van der Waals surface area contributed by atoms with Gasteiger partial charge in [0.1, 0.15) is 23.9 Å². The van der Waals surface area contributed by atoms with Crippen molar-refractivity contribution in [3.05, 3.63) is 47.8 Å². The topological polar surface area (TPSA) is 144 Å². The number of carbonyl (C=O) groups excluding carboxylic acids is 3. The van der Waals surface area contributed by atoms with Crippen LogP contribution >= 0.6 is 11.3 Å². The van der Waals surface area contributed by atoms with Crippen LogP contribution < -0.4 is 21.7 Å². The van der Waals surface area contributed by atoms with E-state index in [9.17, 15) is 4.79 Å². The van der Waals surface area contributed by atoms with Crippen molar-refractivity contribution in [2.45, 2.75) is 13.3 Å². The number of fused-ring (bicyclic) bond motifs is 3. The van der Waals surface area contributed by atoms with Crippen molar-refractivity contribution in [3.8, 4) is 10.4 Å². The molecule has 0 saturated carbocycles. The summed E-state index contributed by atoms with van der Waals surface area (Å²) in [6.45, 7) is 7.91. The lowest BCUT2D eigenvalue weighted by molar-refractivity contribution is -0.0987. The minimum Gasteiger partial charge on any atom is -0.365 e. The van der Waals surface area contributed by atoms with E-state index in [4.69, 9.17) is 20.3 Å². The van der Waals surface area contributed by atoms with Crippen LogP contribution in [0.3, 0.4) is 0 Å². The number of anilines is 1. The summed E-state index contributed by atoms with van der Waals surface area (Å²) in [5, 5.41) is 9.03. The SMILES string of the molecule is C=O.C=O.CNCCc1cccc(-c2cc3nc(NCCNC(N)=O)c4ncc(C)n4c3s2)c1. The van der Waals surface area contributed by atoms with Crippen LogP contribution in [-0.2, 0) is 16.0 Å². The number of benzene rings is 1. The Bertz CT molecular complexity index is 1240. The Morgan fingerprint density at radius 2 is 1.91 bits per heavy atom. The highest BCUT2D eigenvalue weighted by Crippen LogP contribution is 2.35. The number of imidazole rings is 1. The number of nitrogens with one attached hydrogen (secondary N) is 3. The Morgan fingerprint density at radius 1 is 1.15 bits per heavy atom. The Morgan fingerprint density at radius 3 is 2.62 bits per heavy atom. The number of nitrogens with two attached hydrogens (primary N) is 1. The van der Waals surface area contributed by atoms with Gasteiger partial charge in [-0.25, -0.2) is 14.8 Å². The van der Waals surface area contributed by atoms with Gasteiger partial charge in [-0.3, -0.25) is 4.40 Å². The lowest BCUT2D eigenvalue weighted by atomic mass is 10.1. The number of urea groups is 1. The second-order valence-electron chi connectivity index (χ2n) is 7.09. The zero-order valence-electron chi connectivity index (χ0n) is 19.3.